The highest BCUT2D eigenvalue weighted by Crippen LogP contribution is 2.47. The van der Waals surface area contributed by atoms with E-state index in [2.05, 4.69) is 57.2 Å². The molecule has 23 heavy (non-hydrogen) atoms. The molecule has 1 aromatic rings. The van der Waals surface area contributed by atoms with E-state index in [4.69, 9.17) is 4.74 Å². The number of benzene rings is 1. The van der Waals surface area contributed by atoms with Crippen molar-refractivity contribution in [3.8, 4) is 0 Å². The molecule has 2 heterocycles. The summed E-state index contributed by atoms with van der Waals surface area (Å²) < 4.78 is 6.55. The molecule has 1 unspecified atom stereocenters. The molecule has 0 amide bonds. The zero-order valence-corrected chi connectivity index (χ0v) is 14.8. The van der Waals surface area contributed by atoms with E-state index in [9.17, 15) is 0 Å². The first-order valence-corrected chi connectivity index (χ1v) is 9.30. The van der Waals surface area contributed by atoms with E-state index in [-0.39, 0.29) is 11.1 Å². The Morgan fingerprint density at radius 3 is 2.65 bits per heavy atom. The third-order valence-electron chi connectivity index (χ3n) is 6.23. The predicted octanol–water partition coefficient (Wildman–Crippen LogP) is 3.52. The van der Waals surface area contributed by atoms with Crippen molar-refractivity contribution in [2.45, 2.75) is 58.1 Å². The van der Waals surface area contributed by atoms with Gasteiger partial charge in [-0.15, -0.1) is 0 Å². The van der Waals surface area contributed by atoms with Crippen LogP contribution in [-0.4, -0.2) is 18.9 Å². The van der Waals surface area contributed by atoms with E-state index in [1.807, 2.05) is 0 Å². The lowest BCUT2D eigenvalue weighted by atomic mass is 9.66. The van der Waals surface area contributed by atoms with Gasteiger partial charge in [0.15, 0.2) is 0 Å². The number of quaternary nitrogens is 1. The van der Waals surface area contributed by atoms with E-state index in [1.54, 1.807) is 10.6 Å². The average Bonchev–Trinajstić information content (AvgIpc) is 2.96. The molecule has 1 spiro atoms. The lowest BCUT2D eigenvalue weighted by Gasteiger charge is -2.50. The molecule has 0 bridgehead atoms. The van der Waals surface area contributed by atoms with Gasteiger partial charge in [0.25, 0.3) is 0 Å². The van der Waals surface area contributed by atoms with E-state index in [0.717, 1.165) is 13.2 Å². The topological polar surface area (TPSA) is 13.7 Å². The Balaban J connectivity index is 1.86. The molecule has 124 valence electrons. The second kappa shape index (κ2) is 5.46. The van der Waals surface area contributed by atoms with Crippen LogP contribution >= 0.6 is 0 Å². The van der Waals surface area contributed by atoms with Crippen molar-refractivity contribution >= 4 is 0 Å². The van der Waals surface area contributed by atoms with Crippen LogP contribution in [0.2, 0.25) is 0 Å². The Hall–Kier alpha value is -1.12. The first-order chi connectivity index (χ1) is 11.0. The maximum absolute atomic E-state index is 6.55. The van der Waals surface area contributed by atoms with Gasteiger partial charge < -0.3 is 4.74 Å². The molecule has 0 radical (unpaired) electrons. The summed E-state index contributed by atoms with van der Waals surface area (Å²) in [5, 5.41) is 0. The fourth-order valence-corrected chi connectivity index (χ4v) is 5.29. The van der Waals surface area contributed by atoms with Gasteiger partial charge in [-0.1, -0.05) is 57.5 Å². The van der Waals surface area contributed by atoms with Crippen LogP contribution in [-0.2, 0) is 4.74 Å². The van der Waals surface area contributed by atoms with Crippen LogP contribution in [0.15, 0.2) is 42.1 Å². The van der Waals surface area contributed by atoms with E-state index in [0.29, 0.717) is 11.8 Å². The molecule has 1 aromatic carbocycles. The Bertz CT molecular complexity index is 600. The minimum atomic E-state index is 0.0378. The van der Waals surface area contributed by atoms with E-state index in [1.165, 1.54) is 31.2 Å². The van der Waals surface area contributed by atoms with Crippen molar-refractivity contribution in [1.82, 2.24) is 0 Å². The number of rotatable bonds is 1. The summed E-state index contributed by atoms with van der Waals surface area (Å²) in [7, 11) is 0. The highest BCUT2D eigenvalue weighted by Gasteiger charge is 2.60. The standard InChI is InChI=1S/C21H29NO/c1-20(2,3)19-15-17(16-9-5-4-6-10-16)18-11-7-8-12-21(18)22(19)13-14-23-21/h4-6,9-10,15,17-18H,7-8,11-14H2,1-3H3/p+1/t17-,18+,21-/m0/s1. The van der Waals surface area contributed by atoms with Crippen LogP contribution in [0, 0.1) is 11.3 Å². The summed E-state index contributed by atoms with van der Waals surface area (Å²) in [6.07, 6.45) is 7.80. The van der Waals surface area contributed by atoms with E-state index < -0.39 is 0 Å². The molecule has 2 nitrogen and oxygen atoms in total. The van der Waals surface area contributed by atoms with Gasteiger partial charge in [0, 0.05) is 17.8 Å². The lowest BCUT2D eigenvalue weighted by molar-refractivity contribution is -0.935. The maximum Gasteiger partial charge on any atom is 0.210 e. The summed E-state index contributed by atoms with van der Waals surface area (Å²) in [6, 6.07) is 11.1. The molecule has 3 aliphatic rings. The van der Waals surface area contributed by atoms with Gasteiger partial charge in [0.2, 0.25) is 5.72 Å². The maximum atomic E-state index is 6.55. The van der Waals surface area contributed by atoms with Crippen LogP contribution < -0.4 is 4.90 Å². The number of hydrogen-bond donors (Lipinski definition) is 1. The van der Waals surface area contributed by atoms with Gasteiger partial charge in [-0.25, -0.2) is 0 Å². The van der Waals surface area contributed by atoms with Crippen LogP contribution in [0.25, 0.3) is 0 Å². The normalized spacial score (nSPS) is 37.0. The summed E-state index contributed by atoms with van der Waals surface area (Å²) >= 11 is 0. The highest BCUT2D eigenvalue weighted by molar-refractivity contribution is 5.29. The Morgan fingerprint density at radius 1 is 1.13 bits per heavy atom. The highest BCUT2D eigenvalue weighted by atomic mass is 16.5. The van der Waals surface area contributed by atoms with Gasteiger partial charge in [0.05, 0.1) is 5.92 Å². The van der Waals surface area contributed by atoms with Crippen molar-refractivity contribution in [3.63, 3.8) is 0 Å². The van der Waals surface area contributed by atoms with Crippen molar-refractivity contribution < 1.29 is 9.64 Å². The molecule has 4 atom stereocenters. The van der Waals surface area contributed by atoms with Crippen LogP contribution in [0.1, 0.15) is 57.9 Å². The Labute approximate surface area is 140 Å². The molecular formula is C21H30NO+. The second-order valence-corrected chi connectivity index (χ2v) is 8.59. The molecule has 2 heteroatoms. The first kappa shape index (κ1) is 15.4. The van der Waals surface area contributed by atoms with Crippen molar-refractivity contribution in [1.29, 1.82) is 0 Å². The number of nitrogens with one attached hydrogen (secondary N) is 1. The van der Waals surface area contributed by atoms with Crippen molar-refractivity contribution in [2.24, 2.45) is 11.3 Å². The first-order valence-electron chi connectivity index (χ1n) is 9.30. The molecular weight excluding hydrogens is 282 g/mol. The number of ether oxygens (including phenoxy) is 1. The summed E-state index contributed by atoms with van der Waals surface area (Å²) in [5.74, 6) is 1.13. The fourth-order valence-electron chi connectivity index (χ4n) is 5.29. The zero-order valence-electron chi connectivity index (χ0n) is 14.8. The molecule has 0 aromatic heterocycles. The van der Waals surface area contributed by atoms with Crippen molar-refractivity contribution in [2.75, 3.05) is 13.2 Å². The Morgan fingerprint density at radius 2 is 1.91 bits per heavy atom. The molecule has 2 fully saturated rings. The largest absolute Gasteiger partial charge is 0.320 e. The van der Waals surface area contributed by atoms with Crippen LogP contribution in [0.4, 0.5) is 0 Å². The number of hydrogen-bond acceptors (Lipinski definition) is 1. The SMILES string of the molecule is CC(C)(C)C1=C[C@@H](c2ccccc2)[C@H]2CCCC[C@]23OCC[NH+]13. The zero-order chi connectivity index (χ0) is 16.1. The van der Waals surface area contributed by atoms with Gasteiger partial charge in [-0.3, -0.25) is 4.90 Å². The van der Waals surface area contributed by atoms with Crippen LogP contribution in [0.5, 0.6) is 0 Å². The monoisotopic (exact) mass is 312 g/mol. The summed E-state index contributed by atoms with van der Waals surface area (Å²) in [4.78, 5) is 1.64. The van der Waals surface area contributed by atoms with Gasteiger partial charge in [-0.2, -0.15) is 0 Å². The number of allylic oxidation sites excluding steroid dienone is 2. The third kappa shape index (κ3) is 2.38. The quantitative estimate of drug-likeness (QED) is 0.838. The van der Waals surface area contributed by atoms with E-state index >= 15 is 0 Å². The van der Waals surface area contributed by atoms with Crippen LogP contribution in [0.3, 0.4) is 0 Å². The van der Waals surface area contributed by atoms with Gasteiger partial charge in [-0.05, 0) is 24.5 Å². The molecule has 1 aliphatic carbocycles. The van der Waals surface area contributed by atoms with Gasteiger partial charge >= 0.3 is 0 Å². The predicted molar refractivity (Wildman–Crippen MR) is 93.2 cm³/mol. The lowest BCUT2D eigenvalue weighted by Crippen LogP contribution is -3.19. The Kier molecular flexibility index (Phi) is 3.66. The van der Waals surface area contributed by atoms with Gasteiger partial charge in [0.1, 0.15) is 18.8 Å². The molecule has 4 rings (SSSR count). The minimum Gasteiger partial charge on any atom is -0.320 e. The second-order valence-electron chi connectivity index (χ2n) is 8.59. The molecule has 1 N–H and O–H groups in total. The smallest absolute Gasteiger partial charge is 0.210 e. The fraction of sp³-hybridized carbons (Fsp3) is 0.619. The molecule has 1 saturated heterocycles. The average molecular weight is 312 g/mol. The summed E-state index contributed by atoms with van der Waals surface area (Å²) in [5.41, 5.74) is 3.28. The van der Waals surface area contributed by atoms with Crippen molar-refractivity contribution in [3.05, 3.63) is 47.7 Å². The summed E-state index contributed by atoms with van der Waals surface area (Å²) in [6.45, 7) is 9.15. The molecule has 1 saturated carbocycles. The minimum absolute atomic E-state index is 0.0378. The third-order valence-corrected chi connectivity index (χ3v) is 6.23. The molecule has 2 aliphatic heterocycles.